The number of hydrogen-bond donors (Lipinski definition) is 1. The van der Waals surface area contributed by atoms with Crippen LogP contribution in [0, 0.1) is 23.7 Å². The summed E-state index contributed by atoms with van der Waals surface area (Å²) < 4.78 is 10.4. The van der Waals surface area contributed by atoms with Crippen LogP contribution in [0.15, 0.2) is 30.4 Å². The van der Waals surface area contributed by atoms with Gasteiger partial charge >= 0.3 is 0 Å². The van der Waals surface area contributed by atoms with Crippen LogP contribution in [0.2, 0.25) is 0 Å². The number of anilines is 1. The molecule has 0 radical (unpaired) electrons. The Morgan fingerprint density at radius 1 is 1.08 bits per heavy atom. The van der Waals surface area contributed by atoms with Gasteiger partial charge in [-0.25, -0.2) is 0 Å². The summed E-state index contributed by atoms with van der Waals surface area (Å²) >= 11 is 0. The van der Waals surface area contributed by atoms with Gasteiger partial charge in [-0.1, -0.05) is 12.2 Å². The average molecular weight is 356 g/mol. The maximum atomic E-state index is 12.6. The fraction of sp³-hybridized carbons (Fsp3) is 0.421. The number of rotatable bonds is 5. The molecule has 4 rings (SSSR count). The van der Waals surface area contributed by atoms with Gasteiger partial charge in [-0.2, -0.15) is 0 Å². The van der Waals surface area contributed by atoms with Crippen LogP contribution in [0.4, 0.5) is 5.69 Å². The van der Waals surface area contributed by atoms with Gasteiger partial charge < -0.3 is 14.8 Å². The standard InChI is InChI=1S/C19H20N2O5/c1-25-13-6-5-12(8-14(13)26-2)20-15(22)9-21-18(23)16-10-3-4-11(7-10)17(16)19(21)24/h3-6,8,10-11,16-17H,7,9H2,1-2H3,(H,20,22). The molecule has 2 bridgehead atoms. The minimum Gasteiger partial charge on any atom is -0.493 e. The molecular formula is C19H20N2O5. The molecule has 1 aromatic carbocycles. The van der Waals surface area contributed by atoms with Gasteiger partial charge in [0.05, 0.1) is 26.1 Å². The molecule has 1 heterocycles. The van der Waals surface area contributed by atoms with Gasteiger partial charge in [0.2, 0.25) is 17.7 Å². The molecule has 2 fully saturated rings. The Kier molecular flexibility index (Phi) is 3.94. The Morgan fingerprint density at radius 3 is 2.27 bits per heavy atom. The highest BCUT2D eigenvalue weighted by molar-refractivity contribution is 6.09. The van der Waals surface area contributed by atoms with Crippen LogP contribution in [-0.2, 0) is 14.4 Å². The zero-order valence-electron chi connectivity index (χ0n) is 14.6. The summed E-state index contributed by atoms with van der Waals surface area (Å²) in [5.74, 6) is -0.127. The summed E-state index contributed by atoms with van der Waals surface area (Å²) in [5.41, 5.74) is 0.508. The fourth-order valence-electron chi connectivity index (χ4n) is 4.38. The first-order valence-electron chi connectivity index (χ1n) is 8.59. The fourth-order valence-corrected chi connectivity index (χ4v) is 4.38. The lowest BCUT2D eigenvalue weighted by atomic mass is 9.85. The minimum absolute atomic E-state index is 0.139. The number of fused-ring (bicyclic) bond motifs is 5. The molecule has 7 heteroatoms. The number of likely N-dealkylation sites (tertiary alicyclic amines) is 1. The van der Waals surface area contributed by atoms with Crippen LogP contribution in [0.5, 0.6) is 11.5 Å². The molecule has 1 aromatic rings. The highest BCUT2D eigenvalue weighted by atomic mass is 16.5. The summed E-state index contributed by atoms with van der Waals surface area (Å²) in [6.45, 7) is -0.265. The number of benzene rings is 1. The van der Waals surface area contributed by atoms with Crippen molar-refractivity contribution in [1.82, 2.24) is 4.90 Å². The number of carbonyl (C=O) groups excluding carboxylic acids is 3. The van der Waals surface area contributed by atoms with E-state index in [0.717, 1.165) is 11.3 Å². The third kappa shape index (κ3) is 2.46. The Morgan fingerprint density at radius 2 is 1.69 bits per heavy atom. The Balaban J connectivity index is 1.44. The molecule has 2 aliphatic carbocycles. The van der Waals surface area contributed by atoms with Crippen LogP contribution in [0.25, 0.3) is 0 Å². The number of carbonyl (C=O) groups is 3. The summed E-state index contributed by atoms with van der Waals surface area (Å²) in [5, 5.41) is 2.70. The van der Waals surface area contributed by atoms with Crippen LogP contribution < -0.4 is 14.8 Å². The summed E-state index contributed by atoms with van der Waals surface area (Å²) in [4.78, 5) is 38.7. The van der Waals surface area contributed by atoms with Gasteiger partial charge in [-0.3, -0.25) is 19.3 Å². The number of imide groups is 1. The zero-order chi connectivity index (χ0) is 18.4. The summed E-state index contributed by atoms with van der Waals surface area (Å²) in [7, 11) is 3.03. The quantitative estimate of drug-likeness (QED) is 0.638. The molecule has 1 aliphatic heterocycles. The first-order chi connectivity index (χ1) is 12.5. The van der Waals surface area contributed by atoms with Crippen molar-refractivity contribution < 1.29 is 23.9 Å². The number of ether oxygens (including phenoxy) is 2. The first-order valence-corrected chi connectivity index (χ1v) is 8.59. The number of amides is 3. The first kappa shape index (κ1) is 16.6. The van der Waals surface area contributed by atoms with Crippen molar-refractivity contribution >= 4 is 23.4 Å². The maximum Gasteiger partial charge on any atom is 0.244 e. The number of hydrogen-bond acceptors (Lipinski definition) is 5. The van der Waals surface area contributed by atoms with Gasteiger partial charge in [0.25, 0.3) is 0 Å². The molecule has 26 heavy (non-hydrogen) atoms. The number of allylic oxidation sites excluding steroid dienone is 2. The third-order valence-corrected chi connectivity index (χ3v) is 5.53. The van der Waals surface area contributed by atoms with E-state index in [1.54, 1.807) is 18.2 Å². The van der Waals surface area contributed by atoms with Gasteiger partial charge in [-0.05, 0) is 30.4 Å². The van der Waals surface area contributed by atoms with Crippen molar-refractivity contribution in [3.8, 4) is 11.5 Å². The third-order valence-electron chi connectivity index (χ3n) is 5.53. The molecule has 136 valence electrons. The van der Waals surface area contributed by atoms with Crippen LogP contribution in [-0.4, -0.2) is 43.4 Å². The normalized spacial score (nSPS) is 28.5. The highest BCUT2D eigenvalue weighted by Gasteiger charge is 2.59. The van der Waals surface area contributed by atoms with E-state index in [1.807, 2.05) is 12.2 Å². The van der Waals surface area contributed by atoms with Gasteiger partial charge in [0, 0.05) is 11.8 Å². The zero-order valence-corrected chi connectivity index (χ0v) is 14.6. The number of nitrogens with zero attached hydrogens (tertiary/aromatic N) is 1. The lowest BCUT2D eigenvalue weighted by Crippen LogP contribution is -2.39. The van der Waals surface area contributed by atoms with Gasteiger partial charge in [0.1, 0.15) is 6.54 Å². The predicted octanol–water partition coefficient (Wildman–Crippen LogP) is 1.45. The van der Waals surface area contributed by atoms with Crippen LogP contribution in [0.3, 0.4) is 0 Å². The van der Waals surface area contributed by atoms with E-state index in [9.17, 15) is 14.4 Å². The van der Waals surface area contributed by atoms with E-state index in [-0.39, 0.29) is 42.0 Å². The van der Waals surface area contributed by atoms with Gasteiger partial charge in [-0.15, -0.1) is 0 Å². The molecule has 1 saturated carbocycles. The second-order valence-electron chi connectivity index (χ2n) is 6.88. The second-order valence-corrected chi connectivity index (χ2v) is 6.88. The highest BCUT2D eigenvalue weighted by Crippen LogP contribution is 2.52. The number of nitrogens with one attached hydrogen (secondary N) is 1. The average Bonchev–Trinajstić information content (AvgIpc) is 3.31. The molecule has 7 nitrogen and oxygen atoms in total. The van der Waals surface area contributed by atoms with Crippen molar-refractivity contribution in [3.63, 3.8) is 0 Å². The van der Waals surface area contributed by atoms with E-state index < -0.39 is 5.91 Å². The maximum absolute atomic E-state index is 12.6. The summed E-state index contributed by atoms with van der Waals surface area (Å²) in [6.07, 6.45) is 4.94. The van der Waals surface area contributed by atoms with Crippen molar-refractivity contribution in [2.75, 3.05) is 26.1 Å². The van der Waals surface area contributed by atoms with E-state index in [4.69, 9.17) is 9.47 Å². The van der Waals surface area contributed by atoms with Crippen molar-refractivity contribution in [3.05, 3.63) is 30.4 Å². The molecule has 1 saturated heterocycles. The van der Waals surface area contributed by atoms with Crippen molar-refractivity contribution in [2.24, 2.45) is 23.7 Å². The van der Waals surface area contributed by atoms with E-state index in [1.165, 1.54) is 14.2 Å². The Bertz CT molecular complexity index is 788. The molecular weight excluding hydrogens is 336 g/mol. The molecule has 0 spiro atoms. The van der Waals surface area contributed by atoms with E-state index >= 15 is 0 Å². The topological polar surface area (TPSA) is 84.9 Å². The molecule has 4 atom stereocenters. The van der Waals surface area contributed by atoms with Crippen molar-refractivity contribution in [1.29, 1.82) is 0 Å². The largest absolute Gasteiger partial charge is 0.493 e. The van der Waals surface area contributed by atoms with E-state index in [0.29, 0.717) is 17.2 Å². The monoisotopic (exact) mass is 356 g/mol. The Labute approximate surface area is 150 Å². The van der Waals surface area contributed by atoms with Crippen LogP contribution >= 0.6 is 0 Å². The molecule has 1 N–H and O–H groups in total. The SMILES string of the molecule is COc1ccc(NC(=O)CN2C(=O)C3C4C=CC(C4)C3C2=O)cc1OC. The minimum atomic E-state index is -0.417. The summed E-state index contributed by atoms with van der Waals surface area (Å²) in [6, 6.07) is 4.98. The predicted molar refractivity (Wildman–Crippen MR) is 92.6 cm³/mol. The second kappa shape index (κ2) is 6.16. The molecule has 3 aliphatic rings. The van der Waals surface area contributed by atoms with Gasteiger partial charge in [0.15, 0.2) is 11.5 Å². The molecule has 0 aromatic heterocycles. The molecule has 3 amide bonds. The van der Waals surface area contributed by atoms with E-state index in [2.05, 4.69) is 5.32 Å². The Hall–Kier alpha value is -2.83. The number of methoxy groups -OCH3 is 2. The molecule has 4 unspecified atom stereocenters. The smallest absolute Gasteiger partial charge is 0.244 e. The lowest BCUT2D eigenvalue weighted by Gasteiger charge is -2.17. The van der Waals surface area contributed by atoms with Crippen LogP contribution in [0.1, 0.15) is 6.42 Å². The van der Waals surface area contributed by atoms with Crippen molar-refractivity contribution in [2.45, 2.75) is 6.42 Å². The lowest BCUT2D eigenvalue weighted by molar-refractivity contribution is -0.143.